The summed E-state index contributed by atoms with van der Waals surface area (Å²) in [7, 11) is -3.68. The molecule has 96 valence electrons. The molecule has 6 heteroatoms. The van der Waals surface area contributed by atoms with Crippen LogP contribution in [0.25, 0.3) is 0 Å². The summed E-state index contributed by atoms with van der Waals surface area (Å²) in [6, 6.07) is 14.7. The summed E-state index contributed by atoms with van der Waals surface area (Å²) >= 11 is 3.25. The quantitative estimate of drug-likeness (QED) is 0.935. The number of anilines is 1. The van der Waals surface area contributed by atoms with E-state index in [-0.39, 0.29) is 16.1 Å². The molecule has 4 nitrogen and oxygen atoms in total. The molecule has 0 aliphatic carbocycles. The number of rotatable bonds is 3. The highest BCUT2D eigenvalue weighted by molar-refractivity contribution is 9.10. The van der Waals surface area contributed by atoms with Gasteiger partial charge in [-0.1, -0.05) is 34.1 Å². The summed E-state index contributed by atoms with van der Waals surface area (Å²) in [6.45, 7) is 0. The zero-order valence-electron chi connectivity index (χ0n) is 9.67. The summed E-state index contributed by atoms with van der Waals surface area (Å²) in [5.74, 6) is 0. The summed E-state index contributed by atoms with van der Waals surface area (Å²) in [5, 5.41) is 8.98. The lowest BCUT2D eigenvalue weighted by atomic mass is 10.2. The number of nitriles is 1. The highest BCUT2D eigenvalue weighted by Gasteiger charge is 2.15. The second kappa shape index (κ2) is 5.43. The molecular formula is C13H9BrN2O2S. The fraction of sp³-hybridized carbons (Fsp3) is 0. The smallest absolute Gasteiger partial charge is 0.261 e. The van der Waals surface area contributed by atoms with Crippen LogP contribution in [-0.2, 0) is 10.0 Å². The first-order valence-electron chi connectivity index (χ1n) is 5.30. The first-order chi connectivity index (χ1) is 9.03. The number of nitrogens with one attached hydrogen (secondary N) is 1. The molecule has 0 aliphatic rings. The van der Waals surface area contributed by atoms with Crippen LogP contribution in [0.15, 0.2) is 57.9 Å². The molecule has 0 amide bonds. The molecule has 2 aromatic carbocycles. The zero-order chi connectivity index (χ0) is 13.9. The van der Waals surface area contributed by atoms with Gasteiger partial charge in [-0.2, -0.15) is 5.26 Å². The van der Waals surface area contributed by atoms with Crippen LogP contribution in [0.1, 0.15) is 5.56 Å². The molecule has 0 radical (unpaired) electrons. The Balaban J connectivity index is 2.42. The average Bonchev–Trinajstić information content (AvgIpc) is 2.39. The highest BCUT2D eigenvalue weighted by Crippen LogP contribution is 2.23. The van der Waals surface area contributed by atoms with Crippen molar-refractivity contribution in [3.8, 4) is 6.07 Å². The molecule has 0 heterocycles. The number of hydrogen-bond acceptors (Lipinski definition) is 3. The third-order valence-electron chi connectivity index (χ3n) is 2.40. The normalized spacial score (nSPS) is 10.7. The van der Waals surface area contributed by atoms with E-state index in [1.807, 2.05) is 6.07 Å². The minimum Gasteiger partial charge on any atom is -0.278 e. The molecule has 2 rings (SSSR count). The van der Waals surface area contributed by atoms with Crippen molar-refractivity contribution < 1.29 is 8.42 Å². The number of sulfonamides is 1. The van der Waals surface area contributed by atoms with E-state index in [9.17, 15) is 8.42 Å². The van der Waals surface area contributed by atoms with Crippen LogP contribution in [-0.4, -0.2) is 8.42 Å². The summed E-state index contributed by atoms with van der Waals surface area (Å²) in [4.78, 5) is 0.152. The van der Waals surface area contributed by atoms with Crippen molar-refractivity contribution in [2.24, 2.45) is 0 Å². The maximum atomic E-state index is 12.1. The van der Waals surface area contributed by atoms with E-state index in [1.54, 1.807) is 36.4 Å². The standard InChI is InChI=1S/C13H9BrN2O2S/c14-11-7-6-10(9-15)13(8-11)16-19(17,18)12-4-2-1-3-5-12/h1-8,16H. The number of hydrogen-bond donors (Lipinski definition) is 1. The lowest BCUT2D eigenvalue weighted by Crippen LogP contribution is -2.13. The molecule has 0 atom stereocenters. The summed E-state index contributed by atoms with van der Waals surface area (Å²) in [6.07, 6.45) is 0. The van der Waals surface area contributed by atoms with Crippen LogP contribution < -0.4 is 4.72 Å². The Hall–Kier alpha value is -1.84. The monoisotopic (exact) mass is 336 g/mol. The van der Waals surface area contributed by atoms with Gasteiger partial charge in [-0.25, -0.2) is 8.42 Å². The Morgan fingerprint density at radius 2 is 1.79 bits per heavy atom. The molecule has 0 bridgehead atoms. The van der Waals surface area contributed by atoms with Gasteiger partial charge in [-0.15, -0.1) is 0 Å². The van der Waals surface area contributed by atoms with Gasteiger partial charge in [0.1, 0.15) is 6.07 Å². The molecule has 0 aromatic heterocycles. The van der Waals surface area contributed by atoms with Crippen LogP contribution in [0.3, 0.4) is 0 Å². The van der Waals surface area contributed by atoms with Crippen molar-refractivity contribution in [2.45, 2.75) is 4.90 Å². The Labute approximate surface area is 119 Å². The Bertz CT molecular complexity index is 737. The Morgan fingerprint density at radius 3 is 2.42 bits per heavy atom. The zero-order valence-corrected chi connectivity index (χ0v) is 12.1. The van der Waals surface area contributed by atoms with Crippen LogP contribution in [0.2, 0.25) is 0 Å². The lowest BCUT2D eigenvalue weighted by Gasteiger charge is -2.09. The average molecular weight is 337 g/mol. The summed E-state index contributed by atoms with van der Waals surface area (Å²) < 4.78 is 27.4. The SMILES string of the molecule is N#Cc1ccc(Br)cc1NS(=O)(=O)c1ccccc1. The fourth-order valence-electron chi connectivity index (χ4n) is 1.50. The Kier molecular flexibility index (Phi) is 3.88. The van der Waals surface area contributed by atoms with E-state index in [0.717, 1.165) is 0 Å². The van der Waals surface area contributed by atoms with E-state index in [1.165, 1.54) is 12.1 Å². The molecule has 19 heavy (non-hydrogen) atoms. The summed E-state index contributed by atoms with van der Waals surface area (Å²) in [5.41, 5.74) is 0.517. The predicted octanol–water partition coefficient (Wildman–Crippen LogP) is 3.12. The van der Waals surface area contributed by atoms with Crippen molar-refractivity contribution in [3.05, 3.63) is 58.6 Å². The van der Waals surface area contributed by atoms with Gasteiger partial charge in [0.25, 0.3) is 10.0 Å². The topological polar surface area (TPSA) is 70.0 Å². The maximum absolute atomic E-state index is 12.1. The van der Waals surface area contributed by atoms with E-state index >= 15 is 0 Å². The second-order valence-corrected chi connectivity index (χ2v) is 6.32. The van der Waals surface area contributed by atoms with Gasteiger partial charge < -0.3 is 0 Å². The molecular weight excluding hydrogens is 328 g/mol. The van der Waals surface area contributed by atoms with Crippen LogP contribution >= 0.6 is 15.9 Å². The van der Waals surface area contributed by atoms with Crippen molar-refractivity contribution in [1.29, 1.82) is 5.26 Å². The van der Waals surface area contributed by atoms with Crippen LogP contribution in [0.5, 0.6) is 0 Å². The van der Waals surface area contributed by atoms with Crippen molar-refractivity contribution in [2.75, 3.05) is 4.72 Å². The molecule has 0 saturated carbocycles. The molecule has 1 N–H and O–H groups in total. The van der Waals surface area contributed by atoms with E-state index < -0.39 is 10.0 Å². The van der Waals surface area contributed by atoms with Gasteiger partial charge in [0, 0.05) is 4.47 Å². The molecule has 0 fully saturated rings. The third-order valence-corrected chi connectivity index (χ3v) is 4.27. The van der Waals surface area contributed by atoms with Gasteiger partial charge in [-0.05, 0) is 30.3 Å². The van der Waals surface area contributed by atoms with Crippen LogP contribution in [0.4, 0.5) is 5.69 Å². The van der Waals surface area contributed by atoms with Crippen molar-refractivity contribution in [1.82, 2.24) is 0 Å². The number of halogens is 1. The van der Waals surface area contributed by atoms with Gasteiger partial charge in [0.05, 0.1) is 16.1 Å². The minimum atomic E-state index is -3.68. The van der Waals surface area contributed by atoms with Gasteiger partial charge in [0.15, 0.2) is 0 Å². The predicted molar refractivity (Wildman–Crippen MR) is 76.1 cm³/mol. The van der Waals surface area contributed by atoms with Crippen molar-refractivity contribution in [3.63, 3.8) is 0 Å². The first kappa shape index (κ1) is 13.6. The Morgan fingerprint density at radius 1 is 1.11 bits per heavy atom. The van der Waals surface area contributed by atoms with Crippen molar-refractivity contribution >= 4 is 31.6 Å². The second-order valence-electron chi connectivity index (χ2n) is 3.72. The lowest BCUT2D eigenvalue weighted by molar-refractivity contribution is 0.601. The van der Waals surface area contributed by atoms with E-state index in [0.29, 0.717) is 4.47 Å². The maximum Gasteiger partial charge on any atom is 0.261 e. The number of nitrogens with zero attached hydrogens (tertiary/aromatic N) is 1. The fourth-order valence-corrected chi connectivity index (χ4v) is 2.95. The van der Waals surface area contributed by atoms with E-state index in [4.69, 9.17) is 5.26 Å². The van der Waals surface area contributed by atoms with E-state index in [2.05, 4.69) is 20.7 Å². The van der Waals surface area contributed by atoms with Crippen LogP contribution in [0, 0.1) is 11.3 Å². The molecule has 0 unspecified atom stereocenters. The third kappa shape index (κ3) is 3.13. The molecule has 0 spiro atoms. The molecule has 2 aromatic rings. The van der Waals surface area contributed by atoms with Gasteiger partial charge in [0.2, 0.25) is 0 Å². The van der Waals surface area contributed by atoms with Gasteiger partial charge in [-0.3, -0.25) is 4.72 Å². The van der Waals surface area contributed by atoms with Gasteiger partial charge >= 0.3 is 0 Å². The first-order valence-corrected chi connectivity index (χ1v) is 7.58. The highest BCUT2D eigenvalue weighted by atomic mass is 79.9. The number of benzene rings is 2. The molecule has 0 aliphatic heterocycles. The largest absolute Gasteiger partial charge is 0.278 e. The minimum absolute atomic E-state index is 0.152. The molecule has 0 saturated heterocycles.